The predicted octanol–water partition coefficient (Wildman–Crippen LogP) is 4.31. The Morgan fingerprint density at radius 1 is 1.26 bits per heavy atom. The summed E-state index contributed by atoms with van der Waals surface area (Å²) in [5.41, 5.74) is 1.04. The van der Waals surface area contributed by atoms with Crippen LogP contribution < -0.4 is 10.1 Å². The van der Waals surface area contributed by atoms with E-state index in [4.69, 9.17) is 16.3 Å². The first-order valence-electron chi connectivity index (χ1n) is 6.31. The smallest absolute Gasteiger partial charge is 0.169 e. The fourth-order valence-corrected chi connectivity index (χ4v) is 2.18. The summed E-state index contributed by atoms with van der Waals surface area (Å²) < 4.78 is 5.55. The molecule has 100 valence electrons. The van der Waals surface area contributed by atoms with Crippen LogP contribution in [0.25, 0.3) is 0 Å². The fraction of sp³-hybridized carbons (Fsp3) is 0.267. The molecule has 1 aromatic heterocycles. The van der Waals surface area contributed by atoms with Gasteiger partial charge in [0, 0.05) is 11.2 Å². The Bertz CT molecular complexity index is 545. The topological polar surface area (TPSA) is 34.1 Å². The maximum Gasteiger partial charge on any atom is 0.169 e. The Labute approximate surface area is 118 Å². The molecule has 0 saturated carbocycles. The second-order valence-electron chi connectivity index (χ2n) is 4.17. The van der Waals surface area contributed by atoms with Crippen molar-refractivity contribution < 1.29 is 4.74 Å². The van der Waals surface area contributed by atoms with E-state index in [-0.39, 0.29) is 6.04 Å². The highest BCUT2D eigenvalue weighted by molar-refractivity contribution is 6.31. The van der Waals surface area contributed by atoms with E-state index in [1.54, 1.807) is 6.20 Å². The quantitative estimate of drug-likeness (QED) is 0.884. The van der Waals surface area contributed by atoms with Crippen molar-refractivity contribution in [2.45, 2.75) is 19.9 Å². The summed E-state index contributed by atoms with van der Waals surface area (Å²) >= 11 is 6.19. The Morgan fingerprint density at radius 3 is 2.79 bits per heavy atom. The first-order valence-corrected chi connectivity index (χ1v) is 6.69. The largest absolute Gasteiger partial charge is 0.490 e. The molecule has 0 aliphatic carbocycles. The van der Waals surface area contributed by atoms with Crippen LogP contribution in [0.4, 0.5) is 5.82 Å². The summed E-state index contributed by atoms with van der Waals surface area (Å²) in [5.74, 6) is 1.49. The average Bonchev–Trinajstić information content (AvgIpc) is 2.41. The minimum Gasteiger partial charge on any atom is -0.490 e. The highest BCUT2D eigenvalue weighted by atomic mass is 35.5. The van der Waals surface area contributed by atoms with Gasteiger partial charge in [0.15, 0.2) is 11.6 Å². The number of hydrogen-bond acceptors (Lipinski definition) is 3. The van der Waals surface area contributed by atoms with E-state index in [2.05, 4.69) is 10.3 Å². The van der Waals surface area contributed by atoms with Crippen LogP contribution in [0.1, 0.15) is 25.5 Å². The SMILES string of the molecule is CCOc1cccnc1NC(C)c1ccccc1Cl. The summed E-state index contributed by atoms with van der Waals surface area (Å²) in [7, 11) is 0. The van der Waals surface area contributed by atoms with E-state index in [1.165, 1.54) is 0 Å². The van der Waals surface area contributed by atoms with Crippen LogP contribution in [-0.2, 0) is 0 Å². The Hall–Kier alpha value is -1.74. The van der Waals surface area contributed by atoms with Gasteiger partial charge in [-0.15, -0.1) is 0 Å². The van der Waals surface area contributed by atoms with Gasteiger partial charge < -0.3 is 10.1 Å². The van der Waals surface area contributed by atoms with Crippen LogP contribution in [0.2, 0.25) is 5.02 Å². The van der Waals surface area contributed by atoms with Gasteiger partial charge in [-0.05, 0) is 37.6 Å². The van der Waals surface area contributed by atoms with Crippen molar-refractivity contribution in [1.82, 2.24) is 4.98 Å². The number of benzene rings is 1. The molecule has 1 atom stereocenters. The lowest BCUT2D eigenvalue weighted by molar-refractivity contribution is 0.340. The molecule has 2 aromatic rings. The molecule has 19 heavy (non-hydrogen) atoms. The van der Waals surface area contributed by atoms with Crippen molar-refractivity contribution in [2.24, 2.45) is 0 Å². The molecule has 0 aliphatic rings. The lowest BCUT2D eigenvalue weighted by Crippen LogP contribution is -2.10. The molecule has 0 fully saturated rings. The van der Waals surface area contributed by atoms with Gasteiger partial charge >= 0.3 is 0 Å². The van der Waals surface area contributed by atoms with Crippen molar-refractivity contribution >= 4 is 17.4 Å². The number of nitrogens with one attached hydrogen (secondary N) is 1. The van der Waals surface area contributed by atoms with Gasteiger partial charge in [-0.25, -0.2) is 4.98 Å². The lowest BCUT2D eigenvalue weighted by Gasteiger charge is -2.18. The molecule has 1 N–H and O–H groups in total. The molecule has 0 radical (unpaired) electrons. The number of halogens is 1. The molecule has 0 bridgehead atoms. The van der Waals surface area contributed by atoms with Crippen LogP contribution in [0.3, 0.4) is 0 Å². The highest BCUT2D eigenvalue weighted by Gasteiger charge is 2.12. The second kappa shape index (κ2) is 6.43. The molecular weight excluding hydrogens is 260 g/mol. The zero-order valence-electron chi connectivity index (χ0n) is 11.1. The molecule has 0 aliphatic heterocycles. The monoisotopic (exact) mass is 276 g/mol. The third-order valence-corrected chi connectivity index (χ3v) is 3.14. The third-order valence-electron chi connectivity index (χ3n) is 2.80. The lowest BCUT2D eigenvalue weighted by atomic mass is 10.1. The van der Waals surface area contributed by atoms with Crippen molar-refractivity contribution in [1.29, 1.82) is 0 Å². The maximum atomic E-state index is 6.19. The van der Waals surface area contributed by atoms with Gasteiger partial charge in [-0.2, -0.15) is 0 Å². The van der Waals surface area contributed by atoms with E-state index in [0.29, 0.717) is 6.61 Å². The summed E-state index contributed by atoms with van der Waals surface area (Å²) in [6.45, 7) is 4.61. The number of ether oxygens (including phenoxy) is 1. The highest BCUT2D eigenvalue weighted by Crippen LogP contribution is 2.28. The molecule has 0 saturated heterocycles. The van der Waals surface area contributed by atoms with Crippen molar-refractivity contribution in [2.75, 3.05) is 11.9 Å². The summed E-state index contributed by atoms with van der Waals surface area (Å²) in [5, 5.41) is 4.08. The van der Waals surface area contributed by atoms with Gasteiger partial charge in [0.25, 0.3) is 0 Å². The number of anilines is 1. The third kappa shape index (κ3) is 3.38. The Morgan fingerprint density at radius 2 is 2.05 bits per heavy atom. The molecule has 0 spiro atoms. The van der Waals surface area contributed by atoms with Crippen molar-refractivity contribution in [3.63, 3.8) is 0 Å². The van der Waals surface area contributed by atoms with E-state index < -0.39 is 0 Å². The standard InChI is InChI=1S/C15H17ClN2O/c1-3-19-14-9-6-10-17-15(14)18-11(2)12-7-4-5-8-13(12)16/h4-11H,3H2,1-2H3,(H,17,18). The minimum atomic E-state index is 0.0582. The van der Waals surface area contributed by atoms with Crippen LogP contribution in [0.15, 0.2) is 42.6 Å². The second-order valence-corrected chi connectivity index (χ2v) is 4.58. The average molecular weight is 277 g/mol. The summed E-state index contributed by atoms with van der Waals surface area (Å²) in [6, 6.07) is 11.6. The number of hydrogen-bond donors (Lipinski definition) is 1. The van der Waals surface area contributed by atoms with Gasteiger partial charge in [-0.1, -0.05) is 29.8 Å². The fourth-order valence-electron chi connectivity index (χ4n) is 1.88. The van der Waals surface area contributed by atoms with Crippen molar-refractivity contribution in [3.05, 3.63) is 53.2 Å². The maximum absolute atomic E-state index is 6.19. The molecule has 3 nitrogen and oxygen atoms in total. The molecule has 1 aromatic carbocycles. The molecule has 1 heterocycles. The predicted molar refractivity (Wildman–Crippen MR) is 78.9 cm³/mol. The van der Waals surface area contributed by atoms with Gasteiger partial charge in [0.2, 0.25) is 0 Å². The zero-order chi connectivity index (χ0) is 13.7. The zero-order valence-corrected chi connectivity index (χ0v) is 11.8. The molecule has 0 amide bonds. The first kappa shape index (κ1) is 13.7. The number of nitrogens with zero attached hydrogens (tertiary/aromatic N) is 1. The molecule has 4 heteroatoms. The Kier molecular flexibility index (Phi) is 4.63. The van der Waals surface area contributed by atoms with Gasteiger partial charge in [0.05, 0.1) is 12.6 Å². The molecular formula is C15H17ClN2O. The van der Waals surface area contributed by atoms with E-state index >= 15 is 0 Å². The van der Waals surface area contributed by atoms with Crippen LogP contribution >= 0.6 is 11.6 Å². The minimum absolute atomic E-state index is 0.0582. The van der Waals surface area contributed by atoms with Crippen LogP contribution in [0.5, 0.6) is 5.75 Å². The number of rotatable bonds is 5. The van der Waals surface area contributed by atoms with E-state index in [9.17, 15) is 0 Å². The Balaban J connectivity index is 2.19. The summed E-state index contributed by atoms with van der Waals surface area (Å²) in [4.78, 5) is 4.31. The number of aromatic nitrogens is 1. The molecule has 2 rings (SSSR count). The van der Waals surface area contributed by atoms with E-state index in [0.717, 1.165) is 22.2 Å². The summed E-state index contributed by atoms with van der Waals surface area (Å²) in [6.07, 6.45) is 1.74. The van der Waals surface area contributed by atoms with Gasteiger partial charge in [0.1, 0.15) is 0 Å². The van der Waals surface area contributed by atoms with Crippen LogP contribution in [0, 0.1) is 0 Å². The van der Waals surface area contributed by atoms with E-state index in [1.807, 2.05) is 50.2 Å². The number of pyridine rings is 1. The van der Waals surface area contributed by atoms with Gasteiger partial charge in [-0.3, -0.25) is 0 Å². The van der Waals surface area contributed by atoms with Crippen molar-refractivity contribution in [3.8, 4) is 5.75 Å². The molecule has 1 unspecified atom stereocenters. The van der Waals surface area contributed by atoms with Crippen LogP contribution in [-0.4, -0.2) is 11.6 Å². The first-order chi connectivity index (χ1) is 9.22. The normalized spacial score (nSPS) is 11.9.